The highest BCUT2D eigenvalue weighted by atomic mass is 16.5. The number of hydrogen-bond donors (Lipinski definition) is 0. The third-order valence-electron chi connectivity index (χ3n) is 5.64. The van der Waals surface area contributed by atoms with Crippen LogP contribution in [0.4, 0.5) is 0 Å². The van der Waals surface area contributed by atoms with Gasteiger partial charge in [0, 0.05) is 25.1 Å². The Balaban J connectivity index is 1.63. The van der Waals surface area contributed by atoms with Crippen LogP contribution < -0.4 is 9.47 Å². The van der Waals surface area contributed by atoms with Gasteiger partial charge >= 0.3 is 0 Å². The fourth-order valence-corrected chi connectivity index (χ4v) is 3.75. The molecule has 0 saturated carbocycles. The van der Waals surface area contributed by atoms with Crippen LogP contribution in [0.2, 0.25) is 0 Å². The highest BCUT2D eigenvalue weighted by Gasteiger charge is 2.22. The molecule has 1 fully saturated rings. The van der Waals surface area contributed by atoms with E-state index in [9.17, 15) is 4.79 Å². The van der Waals surface area contributed by atoms with Crippen molar-refractivity contribution in [3.8, 4) is 23.1 Å². The van der Waals surface area contributed by atoms with Crippen LogP contribution in [0.25, 0.3) is 5.69 Å². The van der Waals surface area contributed by atoms with Crippen LogP contribution in [0.15, 0.2) is 48.5 Å². The largest absolute Gasteiger partial charge is 0.497 e. The average Bonchev–Trinajstić information content (AvgIpc) is 3.14. The molecule has 1 aliphatic heterocycles. The summed E-state index contributed by atoms with van der Waals surface area (Å²) in [5, 5.41) is 4.75. The Kier molecular flexibility index (Phi) is 6.75. The summed E-state index contributed by atoms with van der Waals surface area (Å²) in [6, 6.07) is 15.6. The van der Waals surface area contributed by atoms with Gasteiger partial charge in [0.05, 0.1) is 31.7 Å². The lowest BCUT2D eigenvalue weighted by Crippen LogP contribution is -2.40. The second-order valence-electron chi connectivity index (χ2n) is 7.89. The second kappa shape index (κ2) is 9.87. The number of carbonyl (C=O) groups excluding carboxylic acids is 1. The van der Waals surface area contributed by atoms with E-state index >= 15 is 0 Å². The van der Waals surface area contributed by atoms with Gasteiger partial charge < -0.3 is 19.1 Å². The summed E-state index contributed by atoms with van der Waals surface area (Å²) in [5.41, 5.74) is 3.80. The first-order valence-electron chi connectivity index (χ1n) is 10.9. The van der Waals surface area contributed by atoms with Gasteiger partial charge in [0.15, 0.2) is 0 Å². The van der Waals surface area contributed by atoms with E-state index in [1.807, 2.05) is 67.3 Å². The van der Waals surface area contributed by atoms with Gasteiger partial charge in [-0.1, -0.05) is 17.7 Å². The molecule has 2 heterocycles. The van der Waals surface area contributed by atoms with Gasteiger partial charge in [0.1, 0.15) is 11.5 Å². The molecule has 0 radical (unpaired) electrons. The molecule has 4 rings (SSSR count). The molecule has 3 aromatic rings. The van der Waals surface area contributed by atoms with Crippen LogP contribution in [-0.4, -0.2) is 54.0 Å². The van der Waals surface area contributed by atoms with Crippen molar-refractivity contribution in [3.63, 3.8) is 0 Å². The normalized spacial score (nSPS) is 13.8. The molecule has 0 unspecified atom stereocenters. The smallest absolute Gasteiger partial charge is 0.226 e. The van der Waals surface area contributed by atoms with Crippen molar-refractivity contribution in [2.45, 2.75) is 26.7 Å². The molecule has 1 saturated heterocycles. The Morgan fingerprint density at radius 1 is 1.00 bits per heavy atom. The fraction of sp³-hybridized carbons (Fsp3) is 0.360. The lowest BCUT2D eigenvalue weighted by atomic mass is 10.1. The summed E-state index contributed by atoms with van der Waals surface area (Å²) in [4.78, 5) is 14.6. The van der Waals surface area contributed by atoms with E-state index in [-0.39, 0.29) is 5.91 Å². The van der Waals surface area contributed by atoms with Crippen molar-refractivity contribution in [3.05, 3.63) is 65.4 Å². The number of hydrogen-bond acceptors (Lipinski definition) is 5. The number of morpholine rings is 1. The number of carbonyl (C=O) groups is 1. The topological polar surface area (TPSA) is 65.8 Å². The van der Waals surface area contributed by atoms with Gasteiger partial charge in [-0.2, -0.15) is 5.10 Å². The quantitative estimate of drug-likeness (QED) is 0.559. The average molecular weight is 436 g/mol. The van der Waals surface area contributed by atoms with E-state index in [4.69, 9.17) is 19.3 Å². The van der Waals surface area contributed by atoms with Crippen molar-refractivity contribution in [1.82, 2.24) is 14.7 Å². The molecule has 1 aliphatic rings. The van der Waals surface area contributed by atoms with Crippen LogP contribution in [0, 0.1) is 13.8 Å². The zero-order valence-electron chi connectivity index (χ0n) is 18.8. The van der Waals surface area contributed by atoms with Crippen molar-refractivity contribution >= 4 is 5.91 Å². The molecule has 0 aliphatic carbocycles. The lowest BCUT2D eigenvalue weighted by molar-refractivity contribution is -0.135. The van der Waals surface area contributed by atoms with Crippen molar-refractivity contribution in [2.75, 3.05) is 33.4 Å². The van der Waals surface area contributed by atoms with E-state index in [0.717, 1.165) is 34.0 Å². The number of aryl methyl sites for hydroxylation is 2. The molecule has 32 heavy (non-hydrogen) atoms. The Hall–Kier alpha value is -3.32. The molecule has 168 valence electrons. The van der Waals surface area contributed by atoms with Crippen LogP contribution in [0.1, 0.15) is 23.2 Å². The number of rotatable bonds is 7. The maximum absolute atomic E-state index is 12.7. The van der Waals surface area contributed by atoms with Crippen LogP contribution in [0.5, 0.6) is 17.4 Å². The molecular formula is C25H29N3O4. The van der Waals surface area contributed by atoms with Gasteiger partial charge in [-0.3, -0.25) is 4.79 Å². The van der Waals surface area contributed by atoms with Gasteiger partial charge in [0.25, 0.3) is 0 Å². The SMILES string of the molecule is COc1ccc(-n2nc(C)c(CCC(=O)N3CCOCC3)c2Oc2ccc(C)cc2)cc1. The van der Waals surface area contributed by atoms with Crippen molar-refractivity contribution in [2.24, 2.45) is 0 Å². The van der Waals surface area contributed by atoms with Gasteiger partial charge in [0.2, 0.25) is 11.8 Å². The number of benzene rings is 2. The zero-order valence-corrected chi connectivity index (χ0v) is 18.8. The molecule has 1 amide bonds. The van der Waals surface area contributed by atoms with Crippen LogP contribution >= 0.6 is 0 Å². The summed E-state index contributed by atoms with van der Waals surface area (Å²) in [7, 11) is 1.64. The van der Waals surface area contributed by atoms with Gasteiger partial charge in [-0.25, -0.2) is 4.68 Å². The van der Waals surface area contributed by atoms with Crippen LogP contribution in [-0.2, 0) is 16.0 Å². The number of methoxy groups -OCH3 is 1. The molecular weight excluding hydrogens is 406 g/mol. The van der Waals surface area contributed by atoms with Crippen molar-refractivity contribution < 1.29 is 19.0 Å². The Bertz CT molecular complexity index is 1050. The van der Waals surface area contributed by atoms with E-state index < -0.39 is 0 Å². The zero-order chi connectivity index (χ0) is 22.5. The molecule has 0 atom stereocenters. The minimum atomic E-state index is 0.131. The molecule has 0 spiro atoms. The van der Waals surface area contributed by atoms with Gasteiger partial charge in [-0.15, -0.1) is 0 Å². The maximum atomic E-state index is 12.7. The van der Waals surface area contributed by atoms with E-state index in [1.54, 1.807) is 11.8 Å². The van der Waals surface area contributed by atoms with Crippen LogP contribution in [0.3, 0.4) is 0 Å². The second-order valence-corrected chi connectivity index (χ2v) is 7.89. The first-order valence-corrected chi connectivity index (χ1v) is 10.9. The summed E-state index contributed by atoms with van der Waals surface area (Å²) < 4.78 is 18.8. The molecule has 7 nitrogen and oxygen atoms in total. The summed E-state index contributed by atoms with van der Waals surface area (Å²) in [6.45, 7) is 6.49. The Morgan fingerprint density at radius 2 is 1.66 bits per heavy atom. The van der Waals surface area contributed by atoms with Crippen molar-refractivity contribution in [1.29, 1.82) is 0 Å². The number of amides is 1. The van der Waals surface area contributed by atoms with E-state index in [0.29, 0.717) is 45.0 Å². The summed E-state index contributed by atoms with van der Waals surface area (Å²) in [6.07, 6.45) is 0.957. The highest BCUT2D eigenvalue weighted by Crippen LogP contribution is 2.32. The molecule has 1 aromatic heterocycles. The molecule has 2 aromatic carbocycles. The first kappa shape index (κ1) is 21.9. The maximum Gasteiger partial charge on any atom is 0.226 e. The number of ether oxygens (including phenoxy) is 3. The third-order valence-corrected chi connectivity index (χ3v) is 5.64. The Morgan fingerprint density at radius 3 is 2.31 bits per heavy atom. The number of nitrogens with zero attached hydrogens (tertiary/aromatic N) is 3. The minimum absolute atomic E-state index is 0.131. The third kappa shape index (κ3) is 4.94. The summed E-state index contributed by atoms with van der Waals surface area (Å²) in [5.74, 6) is 2.26. The predicted molar refractivity (Wildman–Crippen MR) is 122 cm³/mol. The standard InChI is InChI=1S/C25H29N3O4/c1-18-4-8-22(9-5-18)32-25-23(12-13-24(29)27-14-16-31-17-15-27)19(2)26-28(25)20-6-10-21(30-3)11-7-20/h4-11H,12-17H2,1-3H3. The summed E-state index contributed by atoms with van der Waals surface area (Å²) >= 11 is 0. The van der Waals surface area contributed by atoms with E-state index in [2.05, 4.69) is 0 Å². The first-order chi connectivity index (χ1) is 15.5. The monoisotopic (exact) mass is 435 g/mol. The fourth-order valence-electron chi connectivity index (χ4n) is 3.75. The lowest BCUT2D eigenvalue weighted by Gasteiger charge is -2.26. The van der Waals surface area contributed by atoms with Gasteiger partial charge in [-0.05, 0) is 56.7 Å². The molecule has 0 N–H and O–H groups in total. The minimum Gasteiger partial charge on any atom is -0.497 e. The number of aromatic nitrogens is 2. The van der Waals surface area contributed by atoms with E-state index in [1.165, 1.54) is 0 Å². The molecule has 0 bridgehead atoms. The predicted octanol–water partition coefficient (Wildman–Crippen LogP) is 4.08. The Labute approximate surface area is 188 Å². The molecule has 7 heteroatoms. The highest BCUT2D eigenvalue weighted by molar-refractivity contribution is 5.76.